The molecule has 2 atom stereocenters. The molecule has 2 aliphatic rings. The second-order valence-corrected chi connectivity index (χ2v) is 10.3. The molecular weight excluding hydrogens is 394 g/mol. The zero-order chi connectivity index (χ0) is 21.1. The molecule has 0 aromatic heterocycles. The van der Waals surface area contributed by atoms with E-state index in [0.717, 1.165) is 45.4 Å². The molecule has 6 heteroatoms. The number of sulfonamides is 1. The zero-order valence-electron chi connectivity index (χ0n) is 18.0. The van der Waals surface area contributed by atoms with Crippen molar-refractivity contribution in [2.45, 2.75) is 56.5 Å². The monoisotopic (exact) mass is 427 g/mol. The van der Waals surface area contributed by atoms with Gasteiger partial charge in [0.15, 0.2) is 0 Å². The van der Waals surface area contributed by atoms with E-state index in [1.807, 2.05) is 6.07 Å². The minimum atomic E-state index is -3.48. The van der Waals surface area contributed by atoms with Gasteiger partial charge in [-0.1, -0.05) is 43.2 Å². The van der Waals surface area contributed by atoms with Crippen molar-refractivity contribution in [1.82, 2.24) is 9.62 Å². The van der Waals surface area contributed by atoms with Crippen LogP contribution in [-0.4, -0.2) is 51.6 Å². The number of anilines is 1. The minimum absolute atomic E-state index is 0.0174. The van der Waals surface area contributed by atoms with E-state index in [2.05, 4.69) is 46.6 Å². The maximum atomic E-state index is 12.9. The minimum Gasteiger partial charge on any atom is -0.369 e. The van der Waals surface area contributed by atoms with Crippen LogP contribution >= 0.6 is 0 Å². The van der Waals surface area contributed by atoms with Gasteiger partial charge in [-0.2, -0.15) is 0 Å². The van der Waals surface area contributed by atoms with Gasteiger partial charge in [0.25, 0.3) is 0 Å². The molecule has 162 valence electrons. The Labute approximate surface area is 181 Å². The number of hydrogen-bond acceptors (Lipinski definition) is 4. The molecular formula is C24H33N3O2S. The topological polar surface area (TPSA) is 52.6 Å². The van der Waals surface area contributed by atoms with Gasteiger partial charge in [-0.3, -0.25) is 4.90 Å². The Hall–Kier alpha value is -1.89. The van der Waals surface area contributed by atoms with Crippen LogP contribution in [0.15, 0.2) is 53.4 Å². The lowest BCUT2D eigenvalue weighted by atomic mass is 9.89. The van der Waals surface area contributed by atoms with Gasteiger partial charge in [0.1, 0.15) is 0 Å². The molecule has 0 unspecified atom stereocenters. The standard InChI is InChI=1S/C24H33N3O2S/c1-19-9-8-14-23(20(19)2)26-15-17-27(18-16-26)24-13-7-6-12-22(24)25-30(28,29)21-10-4-3-5-11-21/h3-5,8-11,14,22,24-25H,6-7,12-13,15-18H2,1-2H3/t22-,24-/m1/s1. The first-order valence-corrected chi connectivity index (χ1v) is 12.6. The molecule has 0 radical (unpaired) electrons. The number of piperazine rings is 1. The van der Waals surface area contributed by atoms with Crippen LogP contribution in [0.5, 0.6) is 0 Å². The number of aryl methyl sites for hydroxylation is 1. The fraction of sp³-hybridized carbons (Fsp3) is 0.500. The van der Waals surface area contributed by atoms with E-state index < -0.39 is 10.0 Å². The van der Waals surface area contributed by atoms with Crippen LogP contribution in [0.4, 0.5) is 5.69 Å². The lowest BCUT2D eigenvalue weighted by molar-refractivity contribution is 0.124. The largest absolute Gasteiger partial charge is 0.369 e. The van der Waals surface area contributed by atoms with Gasteiger partial charge in [0.2, 0.25) is 10.0 Å². The van der Waals surface area contributed by atoms with Gasteiger partial charge in [-0.15, -0.1) is 0 Å². The lowest BCUT2D eigenvalue weighted by Crippen LogP contribution is -2.58. The van der Waals surface area contributed by atoms with Crippen LogP contribution in [0.3, 0.4) is 0 Å². The molecule has 5 nitrogen and oxygen atoms in total. The summed E-state index contributed by atoms with van der Waals surface area (Å²) in [6.45, 7) is 8.29. The summed E-state index contributed by atoms with van der Waals surface area (Å²) in [5.41, 5.74) is 4.02. The van der Waals surface area contributed by atoms with E-state index in [1.54, 1.807) is 24.3 Å². The predicted molar refractivity (Wildman–Crippen MR) is 123 cm³/mol. The molecule has 1 aliphatic heterocycles. The van der Waals surface area contributed by atoms with Gasteiger partial charge in [0, 0.05) is 44.0 Å². The van der Waals surface area contributed by atoms with Crippen LogP contribution in [0.2, 0.25) is 0 Å². The summed E-state index contributed by atoms with van der Waals surface area (Å²) in [7, 11) is -3.48. The van der Waals surface area contributed by atoms with Gasteiger partial charge < -0.3 is 4.90 Å². The van der Waals surface area contributed by atoms with Crippen molar-refractivity contribution < 1.29 is 8.42 Å². The van der Waals surface area contributed by atoms with Crippen molar-refractivity contribution in [3.63, 3.8) is 0 Å². The molecule has 30 heavy (non-hydrogen) atoms. The normalized spacial score (nSPS) is 23.5. The van der Waals surface area contributed by atoms with E-state index in [0.29, 0.717) is 4.90 Å². The maximum absolute atomic E-state index is 12.9. The molecule has 1 saturated heterocycles. The van der Waals surface area contributed by atoms with E-state index >= 15 is 0 Å². The van der Waals surface area contributed by atoms with Crippen molar-refractivity contribution in [2.75, 3.05) is 31.1 Å². The predicted octanol–water partition coefficient (Wildman–Crippen LogP) is 3.72. The average molecular weight is 428 g/mol. The number of nitrogens with zero attached hydrogens (tertiary/aromatic N) is 2. The maximum Gasteiger partial charge on any atom is 0.240 e. The van der Waals surface area contributed by atoms with Gasteiger partial charge in [-0.05, 0) is 56.0 Å². The fourth-order valence-corrected chi connectivity index (χ4v) is 6.25. The van der Waals surface area contributed by atoms with Crippen molar-refractivity contribution in [3.05, 3.63) is 59.7 Å². The highest BCUT2D eigenvalue weighted by atomic mass is 32.2. The number of rotatable bonds is 5. The van der Waals surface area contributed by atoms with E-state index in [-0.39, 0.29) is 12.1 Å². The SMILES string of the molecule is Cc1cccc(N2CCN([C@@H]3CCCC[C@H]3NS(=O)(=O)c3ccccc3)CC2)c1C. The highest BCUT2D eigenvalue weighted by Gasteiger charge is 2.34. The summed E-state index contributed by atoms with van der Waals surface area (Å²) in [4.78, 5) is 5.35. The van der Waals surface area contributed by atoms with Gasteiger partial charge in [-0.25, -0.2) is 13.1 Å². The Morgan fingerprint density at radius 3 is 2.30 bits per heavy atom. The van der Waals surface area contributed by atoms with E-state index in [4.69, 9.17) is 0 Å². The first-order valence-electron chi connectivity index (χ1n) is 11.1. The van der Waals surface area contributed by atoms with Gasteiger partial charge in [0.05, 0.1) is 4.90 Å². The van der Waals surface area contributed by atoms with Crippen molar-refractivity contribution in [1.29, 1.82) is 0 Å². The van der Waals surface area contributed by atoms with Crippen LogP contribution in [-0.2, 0) is 10.0 Å². The molecule has 4 rings (SSSR count). The summed E-state index contributed by atoms with van der Waals surface area (Å²) in [5.74, 6) is 0. The van der Waals surface area contributed by atoms with Crippen LogP contribution in [0, 0.1) is 13.8 Å². The summed E-state index contributed by atoms with van der Waals surface area (Å²) in [5, 5.41) is 0. The Morgan fingerprint density at radius 1 is 0.867 bits per heavy atom. The molecule has 0 spiro atoms. The number of benzene rings is 2. The lowest BCUT2D eigenvalue weighted by Gasteiger charge is -2.45. The first-order chi connectivity index (χ1) is 14.5. The van der Waals surface area contributed by atoms with Crippen molar-refractivity contribution in [2.24, 2.45) is 0 Å². The number of nitrogens with one attached hydrogen (secondary N) is 1. The molecule has 0 bridgehead atoms. The summed E-state index contributed by atoms with van der Waals surface area (Å²) in [6.07, 6.45) is 4.23. The second kappa shape index (κ2) is 9.08. The molecule has 1 heterocycles. The molecule has 1 aliphatic carbocycles. The van der Waals surface area contributed by atoms with Crippen molar-refractivity contribution in [3.8, 4) is 0 Å². The van der Waals surface area contributed by atoms with Crippen molar-refractivity contribution >= 4 is 15.7 Å². The summed E-state index contributed by atoms with van der Waals surface area (Å²) < 4.78 is 28.8. The Bertz CT molecular complexity index is 954. The highest BCUT2D eigenvalue weighted by molar-refractivity contribution is 7.89. The molecule has 1 N–H and O–H groups in total. The fourth-order valence-electron chi connectivity index (χ4n) is 4.93. The molecule has 1 saturated carbocycles. The van der Waals surface area contributed by atoms with Crippen LogP contribution in [0.25, 0.3) is 0 Å². The Morgan fingerprint density at radius 2 is 1.57 bits per heavy atom. The number of hydrogen-bond donors (Lipinski definition) is 1. The van der Waals surface area contributed by atoms with E-state index in [1.165, 1.54) is 23.2 Å². The van der Waals surface area contributed by atoms with Gasteiger partial charge >= 0.3 is 0 Å². The van der Waals surface area contributed by atoms with Crippen LogP contribution < -0.4 is 9.62 Å². The molecule has 2 aromatic carbocycles. The van der Waals surface area contributed by atoms with Crippen LogP contribution in [0.1, 0.15) is 36.8 Å². The third-order valence-electron chi connectivity index (χ3n) is 6.79. The first kappa shape index (κ1) is 21.3. The summed E-state index contributed by atoms with van der Waals surface area (Å²) in [6, 6.07) is 15.5. The van der Waals surface area contributed by atoms with E-state index in [9.17, 15) is 8.42 Å². The molecule has 2 fully saturated rings. The summed E-state index contributed by atoms with van der Waals surface area (Å²) >= 11 is 0. The smallest absolute Gasteiger partial charge is 0.240 e. The molecule has 2 aromatic rings. The Balaban J connectivity index is 1.43. The second-order valence-electron chi connectivity index (χ2n) is 8.63. The zero-order valence-corrected chi connectivity index (χ0v) is 18.9. The highest BCUT2D eigenvalue weighted by Crippen LogP contribution is 2.28. The molecule has 0 amide bonds. The average Bonchev–Trinajstić information content (AvgIpc) is 2.77. The Kier molecular flexibility index (Phi) is 6.46. The third kappa shape index (κ3) is 4.56. The quantitative estimate of drug-likeness (QED) is 0.790. The third-order valence-corrected chi connectivity index (χ3v) is 8.30.